The summed E-state index contributed by atoms with van der Waals surface area (Å²) >= 11 is 0. The van der Waals surface area contributed by atoms with Gasteiger partial charge in [0.05, 0.1) is 19.1 Å². The van der Waals surface area contributed by atoms with Crippen LogP contribution in [0.4, 0.5) is 0 Å². The molecule has 6 nitrogen and oxygen atoms in total. The first kappa shape index (κ1) is 20.9. The molecule has 5 aliphatic rings. The number of carbonyl (C=O) groups excluding carboxylic acids is 2. The monoisotopic (exact) mass is 406 g/mol. The van der Waals surface area contributed by atoms with E-state index >= 15 is 0 Å². The van der Waals surface area contributed by atoms with Crippen LogP contribution in [0.15, 0.2) is 11.6 Å². The van der Waals surface area contributed by atoms with Crippen molar-refractivity contribution in [2.45, 2.75) is 72.0 Å². The van der Waals surface area contributed by atoms with E-state index in [4.69, 9.17) is 19.2 Å². The van der Waals surface area contributed by atoms with Gasteiger partial charge in [-0.05, 0) is 62.4 Å². The number of rotatable bonds is 4. The molecule has 162 valence electrons. The highest BCUT2D eigenvalue weighted by Crippen LogP contribution is 2.67. The third-order valence-corrected chi connectivity index (χ3v) is 8.39. The third-order valence-electron chi connectivity index (χ3n) is 8.39. The molecule has 0 aromatic rings. The second-order valence-corrected chi connectivity index (χ2v) is 10.00. The van der Waals surface area contributed by atoms with E-state index in [2.05, 4.69) is 26.8 Å². The van der Waals surface area contributed by atoms with E-state index in [9.17, 15) is 9.59 Å². The average molecular weight is 407 g/mol. The van der Waals surface area contributed by atoms with Gasteiger partial charge in [0, 0.05) is 18.3 Å². The maximum absolute atomic E-state index is 13.3. The molecule has 0 radical (unpaired) electrons. The fourth-order valence-corrected chi connectivity index (χ4v) is 7.21. The SMILES string of the molecule is COC(=O)[C@]12CC[C@@]3(COC(C)=O)CC4OOC(C=C4C)[C@H]3[C@@H]1CC[C@@H]2C(C)C. The molecule has 2 aliphatic heterocycles. The zero-order chi connectivity index (χ0) is 21.0. The van der Waals surface area contributed by atoms with E-state index in [1.54, 1.807) is 0 Å². The largest absolute Gasteiger partial charge is 0.469 e. The van der Waals surface area contributed by atoms with Crippen molar-refractivity contribution in [1.29, 1.82) is 0 Å². The minimum Gasteiger partial charge on any atom is -0.469 e. The first-order valence-corrected chi connectivity index (χ1v) is 11.0. The minimum atomic E-state index is -0.499. The summed E-state index contributed by atoms with van der Waals surface area (Å²) in [6.45, 7) is 8.31. The molecule has 29 heavy (non-hydrogen) atoms. The number of esters is 2. The Morgan fingerprint density at radius 3 is 2.62 bits per heavy atom. The normalized spacial score (nSPS) is 43.2. The van der Waals surface area contributed by atoms with Crippen molar-refractivity contribution in [3.05, 3.63) is 11.6 Å². The molecule has 0 N–H and O–H groups in total. The summed E-state index contributed by atoms with van der Waals surface area (Å²) in [6, 6.07) is 0. The second kappa shape index (κ2) is 7.38. The molecule has 2 heterocycles. The van der Waals surface area contributed by atoms with Gasteiger partial charge in [-0.25, -0.2) is 9.78 Å². The molecule has 7 atom stereocenters. The van der Waals surface area contributed by atoms with Crippen molar-refractivity contribution >= 4 is 11.9 Å². The van der Waals surface area contributed by atoms with Crippen molar-refractivity contribution in [1.82, 2.24) is 0 Å². The van der Waals surface area contributed by atoms with Gasteiger partial charge in [-0.2, -0.15) is 0 Å². The Balaban J connectivity index is 1.81. The molecule has 2 unspecified atom stereocenters. The first-order chi connectivity index (χ1) is 13.7. The van der Waals surface area contributed by atoms with Gasteiger partial charge in [0.1, 0.15) is 12.2 Å². The number of carbonyl (C=O) groups is 2. The molecule has 0 spiro atoms. The molecule has 5 rings (SSSR count). The molecule has 0 aromatic heterocycles. The van der Waals surface area contributed by atoms with Gasteiger partial charge in [0.15, 0.2) is 0 Å². The standard InChI is InChI=1S/C23H34O6/c1-13(2)16-6-7-17-20-18-10-14(3)19(29-28-18)11-22(20,12-27-15(4)24)8-9-23(16,17)21(25)26-5/h10,13,16-20H,6-9,11-12H2,1-5H3/t16-,17+,18?,19?,20-,22+,23+/m1/s1. The van der Waals surface area contributed by atoms with Crippen molar-refractivity contribution in [2.75, 3.05) is 13.7 Å². The lowest BCUT2D eigenvalue weighted by Gasteiger charge is -2.54. The molecule has 3 aliphatic carbocycles. The van der Waals surface area contributed by atoms with E-state index in [1.165, 1.54) is 19.6 Å². The Bertz CT molecular complexity index is 714. The Morgan fingerprint density at radius 1 is 1.24 bits per heavy atom. The number of methoxy groups -OCH3 is 1. The van der Waals surface area contributed by atoms with Crippen LogP contribution in [0.3, 0.4) is 0 Å². The Hall–Kier alpha value is -1.40. The van der Waals surface area contributed by atoms with Crippen LogP contribution < -0.4 is 0 Å². The maximum Gasteiger partial charge on any atom is 0.312 e. The van der Waals surface area contributed by atoms with Crippen molar-refractivity contribution in [2.24, 2.45) is 34.5 Å². The Morgan fingerprint density at radius 2 is 2.00 bits per heavy atom. The molecule has 0 aromatic carbocycles. The van der Waals surface area contributed by atoms with E-state index in [0.29, 0.717) is 12.5 Å². The van der Waals surface area contributed by atoms with Crippen LogP contribution in [-0.2, 0) is 28.8 Å². The van der Waals surface area contributed by atoms with Crippen LogP contribution in [-0.4, -0.2) is 37.9 Å². The van der Waals surface area contributed by atoms with Gasteiger partial charge < -0.3 is 9.47 Å². The zero-order valence-electron chi connectivity index (χ0n) is 18.2. The zero-order valence-corrected chi connectivity index (χ0v) is 18.2. The van der Waals surface area contributed by atoms with Gasteiger partial charge >= 0.3 is 11.9 Å². The van der Waals surface area contributed by atoms with E-state index in [0.717, 1.165) is 32.1 Å². The van der Waals surface area contributed by atoms with Crippen molar-refractivity contribution in [3.8, 4) is 0 Å². The molecule has 1 saturated heterocycles. The highest BCUT2D eigenvalue weighted by molar-refractivity contribution is 5.78. The summed E-state index contributed by atoms with van der Waals surface area (Å²) in [5, 5.41) is 0. The van der Waals surface area contributed by atoms with Gasteiger partial charge in [0.25, 0.3) is 0 Å². The van der Waals surface area contributed by atoms with Gasteiger partial charge in [-0.1, -0.05) is 19.9 Å². The third kappa shape index (κ3) is 3.05. The van der Waals surface area contributed by atoms with Crippen LogP contribution in [0.25, 0.3) is 0 Å². The Kier molecular flexibility index (Phi) is 5.31. The van der Waals surface area contributed by atoms with Crippen LogP contribution in [0.1, 0.15) is 59.8 Å². The molecule has 6 heteroatoms. The van der Waals surface area contributed by atoms with Crippen LogP contribution in [0.2, 0.25) is 0 Å². The first-order valence-electron chi connectivity index (χ1n) is 11.0. The van der Waals surface area contributed by atoms with Gasteiger partial charge in [-0.15, -0.1) is 0 Å². The van der Waals surface area contributed by atoms with Crippen molar-refractivity contribution < 1.29 is 28.8 Å². The van der Waals surface area contributed by atoms with E-state index < -0.39 is 5.41 Å². The smallest absolute Gasteiger partial charge is 0.312 e. The number of fused-ring (bicyclic) bond motifs is 2. The highest BCUT2D eigenvalue weighted by atomic mass is 17.2. The second-order valence-electron chi connectivity index (χ2n) is 10.00. The lowest BCUT2D eigenvalue weighted by Crippen LogP contribution is -2.57. The predicted molar refractivity (Wildman–Crippen MR) is 105 cm³/mol. The van der Waals surface area contributed by atoms with E-state index in [1.807, 2.05) is 0 Å². The predicted octanol–water partition coefficient (Wildman–Crippen LogP) is 3.84. The lowest BCUT2D eigenvalue weighted by atomic mass is 9.49. The molecule has 0 amide bonds. The summed E-state index contributed by atoms with van der Waals surface area (Å²) in [5.74, 6) is 0.523. The highest BCUT2D eigenvalue weighted by Gasteiger charge is 2.68. The lowest BCUT2D eigenvalue weighted by molar-refractivity contribution is -0.344. The van der Waals surface area contributed by atoms with Crippen LogP contribution in [0.5, 0.6) is 0 Å². The maximum atomic E-state index is 13.3. The minimum absolute atomic E-state index is 0.0564. The summed E-state index contributed by atoms with van der Waals surface area (Å²) in [4.78, 5) is 36.6. The van der Waals surface area contributed by atoms with Gasteiger partial charge in [0.2, 0.25) is 0 Å². The van der Waals surface area contributed by atoms with Gasteiger partial charge in [-0.3, -0.25) is 9.59 Å². The quantitative estimate of drug-likeness (QED) is 0.401. The number of hydrogen-bond donors (Lipinski definition) is 0. The van der Waals surface area contributed by atoms with Crippen LogP contribution >= 0.6 is 0 Å². The average Bonchev–Trinajstić information content (AvgIpc) is 2.94. The fraction of sp³-hybridized carbons (Fsp3) is 0.826. The molecular weight excluding hydrogens is 372 g/mol. The molecule has 2 bridgehead atoms. The Labute approximate surface area is 173 Å². The molecule has 2 saturated carbocycles. The summed E-state index contributed by atoms with van der Waals surface area (Å²) < 4.78 is 11.0. The topological polar surface area (TPSA) is 71.1 Å². The van der Waals surface area contributed by atoms with Crippen LogP contribution in [0, 0.1) is 34.5 Å². The molecular formula is C23H34O6. The number of ether oxygens (including phenoxy) is 2. The van der Waals surface area contributed by atoms with Crippen molar-refractivity contribution in [3.63, 3.8) is 0 Å². The fourth-order valence-electron chi connectivity index (χ4n) is 7.21. The van der Waals surface area contributed by atoms with E-state index in [-0.39, 0.29) is 47.3 Å². The summed E-state index contributed by atoms with van der Waals surface area (Å²) in [6.07, 6.45) is 6.11. The number of hydrogen-bond acceptors (Lipinski definition) is 6. The summed E-state index contributed by atoms with van der Waals surface area (Å²) in [7, 11) is 1.51. The summed E-state index contributed by atoms with van der Waals surface area (Å²) in [5.41, 5.74) is 0.417. The molecule has 3 fully saturated rings.